The fourth-order valence-electron chi connectivity index (χ4n) is 1.77. The van der Waals surface area contributed by atoms with Crippen molar-refractivity contribution < 1.29 is 22.3 Å². The normalized spacial score (nSPS) is 11.0. The molecule has 0 aliphatic heterocycles. The van der Waals surface area contributed by atoms with Gasteiger partial charge in [-0.25, -0.2) is 12.8 Å². The summed E-state index contributed by atoms with van der Waals surface area (Å²) in [6.07, 6.45) is 0.950. The minimum Gasteiger partial charge on any atom is -0.484 e. The average Bonchev–Trinajstić information content (AvgIpc) is 2.48. The Kier molecular flexibility index (Phi) is 5.63. The second-order valence-corrected chi connectivity index (χ2v) is 7.04. The fraction of sp³-hybridized carbons (Fsp3) is 0.133. The number of amides is 1. The first-order chi connectivity index (χ1) is 11.2. The molecule has 2 rings (SSSR count). The first-order valence-corrected chi connectivity index (χ1v) is 8.95. The summed E-state index contributed by atoms with van der Waals surface area (Å²) >= 11 is 5.74. The van der Waals surface area contributed by atoms with Crippen LogP contribution in [-0.4, -0.2) is 27.2 Å². The van der Waals surface area contributed by atoms with Crippen molar-refractivity contribution in [2.24, 2.45) is 0 Å². The summed E-state index contributed by atoms with van der Waals surface area (Å²) in [5, 5.41) is 2.93. The van der Waals surface area contributed by atoms with Gasteiger partial charge in [0.1, 0.15) is 11.6 Å². The number of anilines is 2. The maximum Gasteiger partial charge on any atom is 0.262 e. The molecule has 24 heavy (non-hydrogen) atoms. The molecule has 128 valence electrons. The highest BCUT2D eigenvalue weighted by atomic mass is 35.5. The van der Waals surface area contributed by atoms with Gasteiger partial charge in [-0.15, -0.1) is 0 Å². The molecule has 0 saturated carbocycles. The highest BCUT2D eigenvalue weighted by Crippen LogP contribution is 2.24. The van der Waals surface area contributed by atoms with Gasteiger partial charge in [0.05, 0.1) is 17.6 Å². The third-order valence-corrected chi connectivity index (χ3v) is 3.58. The van der Waals surface area contributed by atoms with E-state index in [9.17, 15) is 17.6 Å². The van der Waals surface area contributed by atoms with E-state index in [1.165, 1.54) is 6.07 Å². The van der Waals surface area contributed by atoms with E-state index in [4.69, 9.17) is 16.3 Å². The number of carbonyl (C=O) groups excluding carboxylic acids is 1. The maximum absolute atomic E-state index is 13.3. The quantitative estimate of drug-likeness (QED) is 0.816. The number of carbonyl (C=O) groups is 1. The predicted molar refractivity (Wildman–Crippen MR) is 90.4 cm³/mol. The van der Waals surface area contributed by atoms with E-state index < -0.39 is 21.7 Å². The van der Waals surface area contributed by atoms with Crippen molar-refractivity contribution in [3.8, 4) is 5.75 Å². The third kappa shape index (κ3) is 5.71. The van der Waals surface area contributed by atoms with E-state index in [0.29, 0.717) is 10.8 Å². The summed E-state index contributed by atoms with van der Waals surface area (Å²) in [6.45, 7) is -0.337. The van der Waals surface area contributed by atoms with Crippen molar-refractivity contribution in [3.05, 3.63) is 53.3 Å². The second-order valence-electron chi connectivity index (χ2n) is 4.85. The lowest BCUT2D eigenvalue weighted by Gasteiger charge is -2.12. The molecule has 0 fully saturated rings. The highest BCUT2D eigenvalue weighted by molar-refractivity contribution is 7.92. The summed E-state index contributed by atoms with van der Waals surface area (Å²) in [7, 11) is -3.58. The van der Waals surface area contributed by atoms with Crippen molar-refractivity contribution in [3.63, 3.8) is 0 Å². The molecule has 0 bridgehead atoms. The Morgan fingerprint density at radius 2 is 1.83 bits per heavy atom. The van der Waals surface area contributed by atoms with E-state index in [1.54, 1.807) is 24.3 Å². The van der Waals surface area contributed by atoms with E-state index >= 15 is 0 Å². The van der Waals surface area contributed by atoms with E-state index in [-0.39, 0.29) is 18.0 Å². The SMILES string of the molecule is CS(=O)(=O)Nc1ccc(F)cc1NC(=O)COc1ccc(Cl)cc1. The topological polar surface area (TPSA) is 84.5 Å². The number of hydrogen-bond donors (Lipinski definition) is 2. The Balaban J connectivity index is 2.05. The van der Waals surface area contributed by atoms with Crippen molar-refractivity contribution in [1.29, 1.82) is 0 Å². The second kappa shape index (κ2) is 7.50. The van der Waals surface area contributed by atoms with E-state index in [0.717, 1.165) is 18.4 Å². The van der Waals surface area contributed by atoms with Crippen LogP contribution in [-0.2, 0) is 14.8 Å². The minimum absolute atomic E-state index is 0.00914. The van der Waals surface area contributed by atoms with Crippen molar-refractivity contribution in [2.75, 3.05) is 22.9 Å². The van der Waals surface area contributed by atoms with Gasteiger partial charge in [0, 0.05) is 5.02 Å². The van der Waals surface area contributed by atoms with Crippen LogP contribution in [0.4, 0.5) is 15.8 Å². The van der Waals surface area contributed by atoms with E-state index in [2.05, 4.69) is 10.0 Å². The Morgan fingerprint density at radius 3 is 2.46 bits per heavy atom. The van der Waals surface area contributed by atoms with Gasteiger partial charge < -0.3 is 10.1 Å². The lowest BCUT2D eigenvalue weighted by atomic mass is 10.2. The Morgan fingerprint density at radius 1 is 1.17 bits per heavy atom. The summed E-state index contributed by atoms with van der Waals surface area (Å²) in [5.74, 6) is -0.765. The molecule has 2 aromatic carbocycles. The first kappa shape index (κ1) is 18.0. The molecule has 0 aliphatic rings. The lowest BCUT2D eigenvalue weighted by Crippen LogP contribution is -2.21. The van der Waals surface area contributed by atoms with Gasteiger partial charge in [-0.3, -0.25) is 9.52 Å². The Bertz CT molecular complexity index is 841. The van der Waals surface area contributed by atoms with Gasteiger partial charge in [0.15, 0.2) is 6.61 Å². The summed E-state index contributed by atoms with van der Waals surface area (Å²) in [6, 6.07) is 9.70. The van der Waals surface area contributed by atoms with Gasteiger partial charge in [-0.1, -0.05) is 11.6 Å². The molecule has 0 aromatic heterocycles. The summed E-state index contributed by atoms with van der Waals surface area (Å²) in [5.41, 5.74) is 0.0453. The van der Waals surface area contributed by atoms with Crippen LogP contribution in [0.1, 0.15) is 0 Å². The molecule has 0 aliphatic carbocycles. The maximum atomic E-state index is 13.3. The molecule has 1 amide bonds. The number of sulfonamides is 1. The molecular weight excluding hydrogens is 359 g/mol. The van der Waals surface area contributed by atoms with Crippen molar-refractivity contribution in [2.45, 2.75) is 0 Å². The number of benzene rings is 2. The van der Waals surface area contributed by atoms with Gasteiger partial charge in [0.2, 0.25) is 10.0 Å². The smallest absolute Gasteiger partial charge is 0.262 e. The molecule has 9 heteroatoms. The molecular formula is C15H14ClFN2O4S. The number of halogens is 2. The molecule has 2 aromatic rings. The number of ether oxygens (including phenoxy) is 1. The standard InChI is InChI=1S/C15H14ClFN2O4S/c1-24(21,22)19-13-7-4-11(17)8-14(13)18-15(20)9-23-12-5-2-10(16)3-6-12/h2-8,19H,9H2,1H3,(H,18,20). The zero-order chi connectivity index (χ0) is 17.7. The lowest BCUT2D eigenvalue weighted by molar-refractivity contribution is -0.118. The van der Waals surface area contributed by atoms with Crippen LogP contribution in [0.15, 0.2) is 42.5 Å². The van der Waals surface area contributed by atoms with Gasteiger partial charge in [0.25, 0.3) is 5.91 Å². The van der Waals surface area contributed by atoms with Crippen molar-refractivity contribution in [1.82, 2.24) is 0 Å². The molecule has 0 spiro atoms. The average molecular weight is 373 g/mol. The van der Waals surface area contributed by atoms with Crippen LogP contribution in [0.2, 0.25) is 5.02 Å². The molecule has 0 heterocycles. The van der Waals surface area contributed by atoms with Crippen molar-refractivity contribution >= 4 is 38.9 Å². The molecule has 0 saturated heterocycles. The van der Waals surface area contributed by atoms with E-state index in [1.807, 2.05) is 0 Å². The van der Waals surface area contributed by atoms with Crippen LogP contribution < -0.4 is 14.8 Å². The summed E-state index contributed by atoms with van der Waals surface area (Å²) in [4.78, 5) is 11.9. The molecule has 0 radical (unpaired) electrons. The zero-order valence-corrected chi connectivity index (χ0v) is 14.1. The number of hydrogen-bond acceptors (Lipinski definition) is 4. The van der Waals surface area contributed by atoms with Crippen LogP contribution in [0.5, 0.6) is 5.75 Å². The molecule has 6 nitrogen and oxygen atoms in total. The Hall–Kier alpha value is -2.32. The number of nitrogens with one attached hydrogen (secondary N) is 2. The first-order valence-electron chi connectivity index (χ1n) is 6.68. The molecule has 2 N–H and O–H groups in total. The van der Waals surface area contributed by atoms with Gasteiger partial charge in [-0.2, -0.15) is 0 Å². The third-order valence-electron chi connectivity index (χ3n) is 2.73. The monoisotopic (exact) mass is 372 g/mol. The minimum atomic E-state index is -3.58. The molecule has 0 unspecified atom stereocenters. The zero-order valence-electron chi connectivity index (χ0n) is 12.5. The summed E-state index contributed by atoms with van der Waals surface area (Å²) < 4.78 is 43.4. The van der Waals surface area contributed by atoms with Gasteiger partial charge >= 0.3 is 0 Å². The van der Waals surface area contributed by atoms with Crippen LogP contribution in [0, 0.1) is 5.82 Å². The highest BCUT2D eigenvalue weighted by Gasteiger charge is 2.12. The number of rotatable bonds is 6. The van der Waals surface area contributed by atoms with Crippen LogP contribution >= 0.6 is 11.6 Å². The predicted octanol–water partition coefficient (Wildman–Crippen LogP) is 2.87. The van der Waals surface area contributed by atoms with Gasteiger partial charge in [-0.05, 0) is 42.5 Å². The largest absolute Gasteiger partial charge is 0.484 e. The van der Waals surface area contributed by atoms with Crippen LogP contribution in [0.25, 0.3) is 0 Å². The fourth-order valence-corrected chi connectivity index (χ4v) is 2.48. The molecule has 0 atom stereocenters. The Labute approximate surface area is 143 Å². The van der Waals surface area contributed by atoms with Crippen LogP contribution in [0.3, 0.4) is 0 Å².